The average Bonchev–Trinajstić information content (AvgIpc) is 3.22. The summed E-state index contributed by atoms with van der Waals surface area (Å²) in [5.74, 6) is -0.928. The van der Waals surface area contributed by atoms with E-state index in [9.17, 15) is 14.4 Å². The van der Waals surface area contributed by atoms with E-state index in [1.165, 1.54) is 12.1 Å². The van der Waals surface area contributed by atoms with E-state index in [2.05, 4.69) is 5.32 Å². The highest BCUT2D eigenvalue weighted by molar-refractivity contribution is 6.39. The SMILES string of the molecule is Cc1ccc(N2C(=O)NC(=O)/C(=C/c3cccn3CCOc3ccccc3Cl)C2=O)cc1Cl. The molecule has 0 spiro atoms. The molecular weight excluding hydrogens is 465 g/mol. The number of barbiturate groups is 1. The highest BCUT2D eigenvalue weighted by Gasteiger charge is 2.37. The normalized spacial score (nSPS) is 15.2. The van der Waals surface area contributed by atoms with Gasteiger partial charge in [-0.25, -0.2) is 9.69 Å². The number of anilines is 1. The summed E-state index contributed by atoms with van der Waals surface area (Å²) in [4.78, 5) is 38.9. The molecule has 0 saturated carbocycles. The van der Waals surface area contributed by atoms with Gasteiger partial charge in [-0.05, 0) is 55.0 Å². The number of para-hydroxylation sites is 1. The molecule has 1 fully saturated rings. The summed E-state index contributed by atoms with van der Waals surface area (Å²) in [6, 6.07) is 14.7. The van der Waals surface area contributed by atoms with E-state index in [1.54, 1.807) is 42.6 Å². The third-order valence-electron chi connectivity index (χ3n) is 5.10. The maximum atomic E-state index is 13.1. The Morgan fingerprint density at radius 3 is 2.55 bits per heavy atom. The number of nitrogens with zero attached hydrogens (tertiary/aromatic N) is 2. The molecular formula is C24H19Cl2N3O4. The van der Waals surface area contributed by atoms with Crippen LogP contribution in [0.15, 0.2) is 66.4 Å². The summed E-state index contributed by atoms with van der Waals surface area (Å²) in [5.41, 5.74) is 1.51. The molecule has 0 radical (unpaired) electrons. The van der Waals surface area contributed by atoms with Crippen LogP contribution in [0.2, 0.25) is 10.0 Å². The fourth-order valence-corrected chi connectivity index (χ4v) is 3.70. The molecule has 0 atom stereocenters. The molecule has 0 aliphatic carbocycles. The van der Waals surface area contributed by atoms with Gasteiger partial charge < -0.3 is 9.30 Å². The first-order valence-corrected chi connectivity index (χ1v) is 10.8. The highest BCUT2D eigenvalue weighted by atomic mass is 35.5. The lowest BCUT2D eigenvalue weighted by molar-refractivity contribution is -0.122. The summed E-state index contributed by atoms with van der Waals surface area (Å²) >= 11 is 12.3. The minimum absolute atomic E-state index is 0.168. The predicted molar refractivity (Wildman–Crippen MR) is 127 cm³/mol. The van der Waals surface area contributed by atoms with Gasteiger partial charge in [0.15, 0.2) is 0 Å². The van der Waals surface area contributed by atoms with Crippen LogP contribution in [0.3, 0.4) is 0 Å². The number of urea groups is 1. The first-order valence-electron chi connectivity index (χ1n) is 10.1. The number of hydrogen-bond donors (Lipinski definition) is 1. The smallest absolute Gasteiger partial charge is 0.335 e. The van der Waals surface area contributed by atoms with Gasteiger partial charge in [0.05, 0.1) is 17.3 Å². The Labute approximate surface area is 200 Å². The largest absolute Gasteiger partial charge is 0.490 e. The lowest BCUT2D eigenvalue weighted by Crippen LogP contribution is -2.54. The van der Waals surface area contributed by atoms with Crippen molar-refractivity contribution in [3.8, 4) is 5.75 Å². The van der Waals surface area contributed by atoms with Crippen LogP contribution in [-0.2, 0) is 16.1 Å². The summed E-state index contributed by atoms with van der Waals surface area (Å²) in [5, 5.41) is 3.13. The summed E-state index contributed by atoms with van der Waals surface area (Å²) in [7, 11) is 0. The number of hydrogen-bond acceptors (Lipinski definition) is 4. The second-order valence-electron chi connectivity index (χ2n) is 7.30. The Bertz CT molecular complexity index is 1280. The van der Waals surface area contributed by atoms with Gasteiger partial charge in [-0.1, -0.05) is 41.4 Å². The minimum Gasteiger partial charge on any atom is -0.490 e. The topological polar surface area (TPSA) is 80.6 Å². The molecule has 3 aromatic rings. The molecule has 7 nitrogen and oxygen atoms in total. The Kier molecular flexibility index (Phi) is 6.53. The highest BCUT2D eigenvalue weighted by Crippen LogP contribution is 2.27. The number of benzene rings is 2. The Balaban J connectivity index is 1.55. The summed E-state index contributed by atoms with van der Waals surface area (Å²) in [6.45, 7) is 2.58. The third kappa shape index (κ3) is 4.79. The lowest BCUT2D eigenvalue weighted by atomic mass is 10.1. The van der Waals surface area contributed by atoms with E-state index in [0.717, 1.165) is 10.5 Å². The fourth-order valence-electron chi connectivity index (χ4n) is 3.34. The molecule has 33 heavy (non-hydrogen) atoms. The minimum atomic E-state index is -0.828. The van der Waals surface area contributed by atoms with Crippen molar-refractivity contribution in [2.24, 2.45) is 0 Å². The quantitative estimate of drug-likeness (QED) is 0.401. The fraction of sp³-hybridized carbons (Fsp3) is 0.125. The van der Waals surface area contributed by atoms with Gasteiger partial charge in [0.1, 0.15) is 17.9 Å². The van der Waals surface area contributed by atoms with Crippen molar-refractivity contribution in [2.45, 2.75) is 13.5 Å². The van der Waals surface area contributed by atoms with E-state index in [1.807, 2.05) is 23.6 Å². The van der Waals surface area contributed by atoms with E-state index in [-0.39, 0.29) is 11.3 Å². The number of ether oxygens (including phenoxy) is 1. The number of carbonyl (C=O) groups is 3. The van der Waals surface area contributed by atoms with Crippen molar-refractivity contribution in [3.63, 3.8) is 0 Å². The van der Waals surface area contributed by atoms with E-state index in [0.29, 0.717) is 34.6 Å². The van der Waals surface area contributed by atoms with Gasteiger partial charge in [0.25, 0.3) is 11.8 Å². The van der Waals surface area contributed by atoms with Gasteiger partial charge in [0.2, 0.25) is 0 Å². The van der Waals surface area contributed by atoms with E-state index in [4.69, 9.17) is 27.9 Å². The van der Waals surface area contributed by atoms with Crippen LogP contribution in [0.25, 0.3) is 6.08 Å². The molecule has 1 N–H and O–H groups in total. The molecule has 168 valence electrons. The monoisotopic (exact) mass is 483 g/mol. The van der Waals surface area contributed by atoms with E-state index >= 15 is 0 Å². The summed E-state index contributed by atoms with van der Waals surface area (Å²) in [6.07, 6.45) is 3.25. The molecule has 0 unspecified atom stereocenters. The number of amides is 4. The number of nitrogens with one attached hydrogen (secondary N) is 1. The standard InChI is InChI=1S/C24H19Cl2N3O4/c1-15-8-9-17(14-20(15)26)29-23(31)18(22(30)27-24(29)32)13-16-5-4-10-28(16)11-12-33-21-7-3-2-6-19(21)25/h2-10,13-14H,11-12H2,1H3,(H,27,30,32)/b18-13-. The molecule has 0 bridgehead atoms. The lowest BCUT2D eigenvalue weighted by Gasteiger charge is -2.26. The molecule has 1 aromatic heterocycles. The maximum Gasteiger partial charge on any atom is 0.335 e. The van der Waals surface area contributed by atoms with Crippen LogP contribution in [0, 0.1) is 6.92 Å². The van der Waals surface area contributed by atoms with Crippen LogP contribution in [0.5, 0.6) is 5.75 Å². The van der Waals surface area contributed by atoms with E-state index < -0.39 is 17.8 Å². The number of rotatable bonds is 6. The summed E-state index contributed by atoms with van der Waals surface area (Å²) < 4.78 is 7.55. The number of carbonyl (C=O) groups excluding carboxylic acids is 3. The molecule has 2 aromatic carbocycles. The number of imide groups is 2. The zero-order valence-electron chi connectivity index (χ0n) is 17.5. The van der Waals surface area contributed by atoms with Crippen LogP contribution in [0.1, 0.15) is 11.3 Å². The first kappa shape index (κ1) is 22.6. The third-order valence-corrected chi connectivity index (χ3v) is 5.82. The molecule has 9 heteroatoms. The van der Waals surface area contributed by atoms with Gasteiger partial charge in [-0.3, -0.25) is 14.9 Å². The number of aryl methyl sites for hydroxylation is 1. The second kappa shape index (κ2) is 9.52. The zero-order chi connectivity index (χ0) is 23.5. The zero-order valence-corrected chi connectivity index (χ0v) is 19.1. The van der Waals surface area contributed by atoms with Crippen LogP contribution in [0.4, 0.5) is 10.5 Å². The van der Waals surface area contributed by atoms with Crippen LogP contribution in [-0.4, -0.2) is 29.0 Å². The predicted octanol–water partition coefficient (Wildman–Crippen LogP) is 4.85. The van der Waals surface area contributed by atoms with Gasteiger partial charge >= 0.3 is 6.03 Å². The Morgan fingerprint density at radius 1 is 1.00 bits per heavy atom. The van der Waals surface area contributed by atoms with Crippen molar-refractivity contribution in [1.29, 1.82) is 0 Å². The first-order chi connectivity index (χ1) is 15.8. The van der Waals surface area contributed by atoms with Crippen molar-refractivity contribution >= 4 is 52.8 Å². The Hall–Kier alpha value is -3.55. The number of halogens is 2. The van der Waals surface area contributed by atoms with Crippen molar-refractivity contribution < 1.29 is 19.1 Å². The van der Waals surface area contributed by atoms with Crippen LogP contribution >= 0.6 is 23.2 Å². The van der Waals surface area contributed by atoms with Crippen LogP contribution < -0.4 is 15.0 Å². The van der Waals surface area contributed by atoms with Crippen molar-refractivity contribution in [1.82, 2.24) is 9.88 Å². The molecule has 1 saturated heterocycles. The van der Waals surface area contributed by atoms with Crippen molar-refractivity contribution in [2.75, 3.05) is 11.5 Å². The molecule has 2 heterocycles. The second-order valence-corrected chi connectivity index (χ2v) is 8.11. The average molecular weight is 484 g/mol. The number of aromatic nitrogens is 1. The Morgan fingerprint density at radius 2 is 1.79 bits per heavy atom. The molecule has 1 aliphatic rings. The van der Waals surface area contributed by atoms with Gasteiger partial charge in [-0.15, -0.1) is 0 Å². The van der Waals surface area contributed by atoms with Crippen molar-refractivity contribution in [3.05, 3.63) is 87.7 Å². The van der Waals surface area contributed by atoms with Gasteiger partial charge in [0, 0.05) is 16.9 Å². The van der Waals surface area contributed by atoms with Gasteiger partial charge in [-0.2, -0.15) is 0 Å². The maximum absolute atomic E-state index is 13.1. The molecule has 1 aliphatic heterocycles. The molecule has 4 rings (SSSR count). The molecule has 4 amide bonds.